The topological polar surface area (TPSA) is 232 Å². The highest BCUT2D eigenvalue weighted by atomic mass is 127. The molecule has 0 unspecified atom stereocenters. The quantitative estimate of drug-likeness (QED) is 0.103. The summed E-state index contributed by atoms with van der Waals surface area (Å²) in [4.78, 5) is 87.9. The molecule has 2 aromatic rings. The second kappa shape index (κ2) is 22.2. The maximum Gasteiger partial charge on any atom is 0.337 e. The number of anilines is 2. The fraction of sp³-hybridized carbons (Fsp3) is 0.367. The molecule has 0 atom stereocenters. The van der Waals surface area contributed by atoms with Crippen molar-refractivity contribution in [2.24, 2.45) is 5.41 Å². The van der Waals surface area contributed by atoms with E-state index in [0.717, 1.165) is 0 Å². The standard InChI is InChI=1S/C24H21I6N5O8.C6H11ClO2/c1-7(37)35(3)20-17(29)10(21(39)31-2)13(25)11(18(20)30)23(41)33-6-8(38)34-19-15(27)9(22(40)32-4-5-36)14(26)12(16(19)28)24(42)43;1-6(2,3-4-7)5(8)9/h36H,4-6H2,1-3H3,(H,31,39)(H,32,40)(H,33,41)(H,34,38)(H,42,43);3-4H2,1-2H3,(H,8,9). The van der Waals surface area contributed by atoms with Gasteiger partial charge in [-0.25, -0.2) is 4.79 Å². The molecule has 0 aliphatic heterocycles. The predicted octanol–water partition coefficient (Wildman–Crippen LogP) is 5.17. The number of aromatic carboxylic acids is 1. The van der Waals surface area contributed by atoms with E-state index in [0.29, 0.717) is 28.7 Å². The van der Waals surface area contributed by atoms with E-state index in [4.69, 9.17) is 21.8 Å². The minimum atomic E-state index is -1.31. The molecule has 7 N–H and O–H groups in total. The third kappa shape index (κ3) is 12.4. The summed E-state index contributed by atoms with van der Waals surface area (Å²) >= 11 is 16.4. The molecule has 15 nitrogen and oxygen atoms in total. The first-order valence-corrected chi connectivity index (χ1v) is 21.4. The van der Waals surface area contributed by atoms with Gasteiger partial charge >= 0.3 is 11.9 Å². The van der Waals surface area contributed by atoms with Gasteiger partial charge in [0.05, 0.1) is 66.5 Å². The number of aliphatic carboxylic acids is 1. The molecule has 0 fully saturated rings. The van der Waals surface area contributed by atoms with Gasteiger partial charge in [-0.05, 0) is 156 Å². The summed E-state index contributed by atoms with van der Waals surface area (Å²) in [5.74, 6) is -4.53. The Balaban J connectivity index is 0.00000132. The van der Waals surface area contributed by atoms with Crippen LogP contribution in [0.2, 0.25) is 0 Å². The van der Waals surface area contributed by atoms with Crippen LogP contribution in [0.25, 0.3) is 0 Å². The van der Waals surface area contributed by atoms with Gasteiger partial charge in [-0.3, -0.25) is 28.8 Å². The lowest BCUT2D eigenvalue weighted by atomic mass is 9.91. The Hall–Kier alpha value is -0.640. The summed E-state index contributed by atoms with van der Waals surface area (Å²) in [6.07, 6.45) is 0.518. The van der Waals surface area contributed by atoms with Crippen molar-refractivity contribution >= 4 is 200 Å². The molecule has 0 heterocycles. The lowest BCUT2D eigenvalue weighted by Gasteiger charge is -2.24. The number of hydrogen-bond donors (Lipinski definition) is 7. The van der Waals surface area contributed by atoms with E-state index in [-0.39, 0.29) is 57.7 Å². The van der Waals surface area contributed by atoms with Gasteiger partial charge in [0.15, 0.2) is 0 Å². The molecule has 0 saturated heterocycles. The SMILES string of the molecule is CC(C)(CCCl)C(=O)O.CNC(=O)c1c(I)c(C(=O)NCC(=O)Nc2c(I)c(C(=O)O)c(I)c(C(=O)NCCO)c2I)c(I)c(N(C)C(C)=O)c1I. The molecular formula is C30H32ClI6N5O10. The summed E-state index contributed by atoms with van der Waals surface area (Å²) < 4.78 is 1.76. The second-order valence-electron chi connectivity index (χ2n) is 10.9. The molecule has 0 aromatic heterocycles. The summed E-state index contributed by atoms with van der Waals surface area (Å²) in [5, 5.41) is 37.5. The van der Waals surface area contributed by atoms with Crippen molar-refractivity contribution in [3.8, 4) is 0 Å². The zero-order valence-corrected chi connectivity index (χ0v) is 41.5. The fourth-order valence-corrected chi connectivity index (χ4v) is 13.6. The number of alkyl halides is 1. The lowest BCUT2D eigenvalue weighted by Crippen LogP contribution is -2.36. The first-order valence-electron chi connectivity index (χ1n) is 14.4. The van der Waals surface area contributed by atoms with Crippen molar-refractivity contribution in [3.05, 3.63) is 43.7 Å². The number of amides is 5. The van der Waals surface area contributed by atoms with Gasteiger partial charge in [0.1, 0.15) is 0 Å². The van der Waals surface area contributed by atoms with Gasteiger partial charge in [-0.15, -0.1) is 11.6 Å². The first-order chi connectivity index (χ1) is 24.0. The van der Waals surface area contributed by atoms with Gasteiger partial charge in [0.25, 0.3) is 17.7 Å². The summed E-state index contributed by atoms with van der Waals surface area (Å²) in [7, 11) is 2.96. The van der Waals surface area contributed by atoms with E-state index in [1.54, 1.807) is 59.0 Å². The first kappa shape index (κ1) is 49.4. The molecule has 0 aliphatic carbocycles. The number of carbonyl (C=O) groups excluding carboxylic acids is 5. The van der Waals surface area contributed by atoms with Crippen LogP contribution in [0.3, 0.4) is 0 Å². The number of hydrogen-bond acceptors (Lipinski definition) is 8. The van der Waals surface area contributed by atoms with Crippen molar-refractivity contribution in [1.82, 2.24) is 16.0 Å². The van der Waals surface area contributed by atoms with E-state index < -0.39 is 47.5 Å². The molecule has 2 aromatic carbocycles. The van der Waals surface area contributed by atoms with Gasteiger partial charge in [0, 0.05) is 40.6 Å². The number of aliphatic hydroxyl groups excluding tert-OH is 1. The molecule has 0 aliphatic rings. The van der Waals surface area contributed by atoms with E-state index in [1.165, 1.54) is 25.9 Å². The van der Waals surface area contributed by atoms with Crippen LogP contribution in [0.15, 0.2) is 0 Å². The van der Waals surface area contributed by atoms with Gasteiger partial charge in [0.2, 0.25) is 11.8 Å². The zero-order valence-electron chi connectivity index (χ0n) is 27.8. The number of nitrogens with zero attached hydrogens (tertiary/aromatic N) is 1. The van der Waals surface area contributed by atoms with Crippen LogP contribution in [0.5, 0.6) is 0 Å². The largest absolute Gasteiger partial charge is 0.481 e. The molecule has 286 valence electrons. The van der Waals surface area contributed by atoms with Gasteiger partial charge in [-0.2, -0.15) is 0 Å². The summed E-state index contributed by atoms with van der Waals surface area (Å²) in [6, 6.07) is 0. The highest BCUT2D eigenvalue weighted by molar-refractivity contribution is 14.1. The predicted molar refractivity (Wildman–Crippen MR) is 246 cm³/mol. The van der Waals surface area contributed by atoms with Crippen molar-refractivity contribution in [2.45, 2.75) is 27.2 Å². The highest BCUT2D eigenvalue weighted by Crippen LogP contribution is 2.38. The molecule has 0 saturated carbocycles. The zero-order chi connectivity index (χ0) is 40.4. The Labute approximate surface area is 385 Å². The Morgan fingerprint density at radius 2 is 1.21 bits per heavy atom. The van der Waals surface area contributed by atoms with Crippen LogP contribution in [-0.4, -0.2) is 96.5 Å². The molecule has 0 radical (unpaired) electrons. The van der Waals surface area contributed by atoms with Crippen LogP contribution in [0.4, 0.5) is 11.4 Å². The Morgan fingerprint density at radius 1 is 0.750 bits per heavy atom. The number of aliphatic hydroxyl groups is 1. The van der Waals surface area contributed by atoms with Crippen LogP contribution < -0.4 is 26.2 Å². The Morgan fingerprint density at radius 3 is 1.63 bits per heavy atom. The highest BCUT2D eigenvalue weighted by Gasteiger charge is 2.31. The van der Waals surface area contributed by atoms with Crippen LogP contribution >= 0.6 is 147 Å². The van der Waals surface area contributed by atoms with E-state index in [9.17, 15) is 38.7 Å². The Bertz CT molecular complexity index is 1790. The number of halogens is 7. The maximum atomic E-state index is 13.4. The molecule has 22 heteroatoms. The van der Waals surface area contributed by atoms with Crippen molar-refractivity contribution in [1.29, 1.82) is 0 Å². The van der Waals surface area contributed by atoms with Gasteiger partial charge < -0.3 is 41.5 Å². The van der Waals surface area contributed by atoms with Gasteiger partial charge in [-0.1, -0.05) is 0 Å². The van der Waals surface area contributed by atoms with Crippen LogP contribution in [0.1, 0.15) is 68.6 Å². The van der Waals surface area contributed by atoms with Crippen molar-refractivity contribution in [2.75, 3.05) is 49.9 Å². The number of benzene rings is 2. The van der Waals surface area contributed by atoms with E-state index in [1.807, 2.05) is 90.4 Å². The number of nitrogens with one attached hydrogen (secondary N) is 4. The third-order valence-electron chi connectivity index (χ3n) is 6.91. The van der Waals surface area contributed by atoms with Crippen molar-refractivity contribution in [3.63, 3.8) is 0 Å². The van der Waals surface area contributed by atoms with Crippen molar-refractivity contribution < 1.29 is 48.9 Å². The normalized spacial score (nSPS) is 10.7. The summed E-state index contributed by atoms with van der Waals surface area (Å²) in [5.41, 5.74) is -0.136. The molecule has 2 rings (SSSR count). The van der Waals surface area contributed by atoms with E-state index in [2.05, 4.69) is 21.3 Å². The molecule has 52 heavy (non-hydrogen) atoms. The smallest absolute Gasteiger partial charge is 0.337 e. The maximum absolute atomic E-state index is 13.4. The fourth-order valence-electron chi connectivity index (χ4n) is 3.82. The number of carboxylic acid groups (broad SMARTS) is 2. The summed E-state index contributed by atoms with van der Waals surface area (Å²) in [6.45, 7) is 3.74. The monoisotopic (exact) mass is 1420 g/mol. The molecular weight excluding hydrogens is 1390 g/mol. The second-order valence-corrected chi connectivity index (χ2v) is 17.8. The Kier molecular flexibility index (Phi) is 21.1. The van der Waals surface area contributed by atoms with Crippen LogP contribution in [0, 0.1) is 26.8 Å². The average Bonchev–Trinajstić information content (AvgIpc) is 3.04. The third-order valence-corrected chi connectivity index (χ3v) is 13.5. The lowest BCUT2D eigenvalue weighted by molar-refractivity contribution is -0.147. The average molecular weight is 1420 g/mol. The molecule has 5 amide bonds. The minimum absolute atomic E-state index is 0.0126. The number of carboxylic acids is 2. The molecule has 0 bridgehead atoms. The van der Waals surface area contributed by atoms with Crippen LogP contribution in [-0.2, 0) is 14.4 Å². The van der Waals surface area contributed by atoms with E-state index >= 15 is 0 Å². The molecule has 0 spiro atoms. The minimum Gasteiger partial charge on any atom is -0.481 e. The number of rotatable bonds is 13. The number of carbonyl (C=O) groups is 7.